The number of aliphatic imine (C=N–C) groups is 2. The molecule has 1 aliphatic carbocycles. The molecule has 5 nitrogen and oxygen atoms in total. The summed E-state index contributed by atoms with van der Waals surface area (Å²) >= 11 is 0. The van der Waals surface area contributed by atoms with Crippen molar-refractivity contribution in [3.8, 4) is 0 Å². The van der Waals surface area contributed by atoms with Crippen LogP contribution >= 0.6 is 0 Å². The Morgan fingerprint density at radius 2 is 2.00 bits per heavy atom. The van der Waals surface area contributed by atoms with E-state index in [9.17, 15) is 4.79 Å². The van der Waals surface area contributed by atoms with Crippen LogP contribution in [-0.4, -0.2) is 38.1 Å². The molecule has 2 rings (SSSR count). The number of fused-ring (bicyclic) bond motifs is 1. The summed E-state index contributed by atoms with van der Waals surface area (Å²) in [4.78, 5) is 18.9. The Labute approximate surface area is 86.8 Å². The zero-order valence-electron chi connectivity index (χ0n) is 8.43. The molecule has 0 bridgehead atoms. The molecule has 1 unspecified atom stereocenters. The predicted octanol–water partition coefficient (Wildman–Crippen LogP) is 0.481. The fourth-order valence-electron chi connectivity index (χ4n) is 1.45. The summed E-state index contributed by atoms with van der Waals surface area (Å²) in [5, 5.41) is 0. The van der Waals surface area contributed by atoms with Gasteiger partial charge in [0.25, 0.3) is 5.91 Å². The van der Waals surface area contributed by atoms with Gasteiger partial charge in [0.05, 0.1) is 26.1 Å². The van der Waals surface area contributed by atoms with Crippen molar-refractivity contribution in [2.24, 2.45) is 9.98 Å². The molecular formula is C10H10N2O3. The number of carbonyl (C=O) groups excluding carboxylic acids is 1. The number of hydrogen-bond acceptors (Lipinski definition) is 4. The zero-order valence-corrected chi connectivity index (χ0v) is 8.43. The van der Waals surface area contributed by atoms with Crippen molar-refractivity contribution in [2.75, 3.05) is 14.2 Å². The normalized spacial score (nSPS) is 23.7. The molecule has 5 heteroatoms. The van der Waals surface area contributed by atoms with Crippen LogP contribution in [0.3, 0.4) is 0 Å². The summed E-state index contributed by atoms with van der Waals surface area (Å²) in [5.74, 6) is 0.813. The van der Waals surface area contributed by atoms with E-state index in [0.29, 0.717) is 17.2 Å². The van der Waals surface area contributed by atoms with Gasteiger partial charge in [-0.3, -0.25) is 9.79 Å². The molecule has 0 aromatic carbocycles. The van der Waals surface area contributed by atoms with Gasteiger partial charge in [-0.2, -0.15) is 0 Å². The number of hydrogen-bond donors (Lipinski definition) is 0. The van der Waals surface area contributed by atoms with Crippen molar-refractivity contribution < 1.29 is 14.3 Å². The molecule has 0 aromatic heterocycles. The highest BCUT2D eigenvalue weighted by Gasteiger charge is 2.24. The second-order valence-corrected chi connectivity index (χ2v) is 3.05. The Hall–Kier alpha value is -1.91. The maximum atomic E-state index is 11.0. The van der Waals surface area contributed by atoms with Crippen LogP contribution in [0.25, 0.3) is 0 Å². The molecule has 1 atom stereocenters. The third kappa shape index (κ3) is 1.68. The first-order valence-corrected chi connectivity index (χ1v) is 4.42. The Kier molecular flexibility index (Phi) is 2.37. The summed E-state index contributed by atoms with van der Waals surface area (Å²) in [6.07, 6.45) is 4.64. The highest BCUT2D eigenvalue weighted by Crippen LogP contribution is 2.21. The summed E-state index contributed by atoms with van der Waals surface area (Å²) in [6.45, 7) is 0. The fourth-order valence-corrected chi connectivity index (χ4v) is 1.45. The lowest BCUT2D eigenvalue weighted by Crippen LogP contribution is -2.26. The van der Waals surface area contributed by atoms with Gasteiger partial charge < -0.3 is 9.47 Å². The van der Waals surface area contributed by atoms with Crippen LogP contribution in [0.1, 0.15) is 0 Å². The molecule has 0 spiro atoms. The van der Waals surface area contributed by atoms with Crippen molar-refractivity contribution in [3.63, 3.8) is 0 Å². The van der Waals surface area contributed by atoms with E-state index in [4.69, 9.17) is 9.47 Å². The van der Waals surface area contributed by atoms with Crippen molar-refractivity contribution in [1.29, 1.82) is 0 Å². The van der Waals surface area contributed by atoms with Crippen LogP contribution in [0.2, 0.25) is 0 Å². The van der Waals surface area contributed by atoms with Crippen LogP contribution < -0.4 is 0 Å². The SMILES string of the molecule is COC1=CC2=NC(=O)C=NC2C=C1OC. The minimum Gasteiger partial charge on any atom is -0.493 e. The van der Waals surface area contributed by atoms with Gasteiger partial charge in [-0.25, -0.2) is 4.99 Å². The number of carbonyl (C=O) groups is 1. The van der Waals surface area contributed by atoms with E-state index in [0.717, 1.165) is 0 Å². The third-order valence-electron chi connectivity index (χ3n) is 2.16. The molecule has 1 amide bonds. The van der Waals surface area contributed by atoms with E-state index >= 15 is 0 Å². The second-order valence-electron chi connectivity index (χ2n) is 3.05. The first-order chi connectivity index (χ1) is 7.24. The summed E-state index contributed by atoms with van der Waals surface area (Å²) in [5.41, 5.74) is 0.583. The summed E-state index contributed by atoms with van der Waals surface area (Å²) in [7, 11) is 3.09. The van der Waals surface area contributed by atoms with E-state index < -0.39 is 0 Å². The Morgan fingerprint density at radius 1 is 1.27 bits per heavy atom. The van der Waals surface area contributed by atoms with Crippen LogP contribution in [-0.2, 0) is 14.3 Å². The largest absolute Gasteiger partial charge is 0.493 e. The van der Waals surface area contributed by atoms with Gasteiger partial charge in [0.2, 0.25) is 0 Å². The Morgan fingerprint density at radius 3 is 2.67 bits per heavy atom. The molecule has 78 valence electrons. The van der Waals surface area contributed by atoms with E-state index in [1.54, 1.807) is 19.3 Å². The van der Waals surface area contributed by atoms with Gasteiger partial charge >= 0.3 is 0 Å². The van der Waals surface area contributed by atoms with Gasteiger partial charge in [0.1, 0.15) is 6.04 Å². The Balaban J connectivity index is 2.38. The smallest absolute Gasteiger partial charge is 0.288 e. The molecule has 0 aromatic rings. The molecule has 0 saturated heterocycles. The molecule has 0 saturated carbocycles. The highest BCUT2D eigenvalue weighted by molar-refractivity contribution is 6.32. The predicted molar refractivity (Wildman–Crippen MR) is 54.9 cm³/mol. The van der Waals surface area contributed by atoms with Crippen LogP contribution in [0.15, 0.2) is 33.7 Å². The molecule has 15 heavy (non-hydrogen) atoms. The van der Waals surface area contributed by atoms with Crippen molar-refractivity contribution >= 4 is 17.8 Å². The minimum absolute atomic E-state index is 0.239. The zero-order chi connectivity index (χ0) is 10.8. The topological polar surface area (TPSA) is 60.2 Å². The highest BCUT2D eigenvalue weighted by atomic mass is 16.5. The lowest BCUT2D eigenvalue weighted by molar-refractivity contribution is -0.111. The maximum absolute atomic E-state index is 11.0. The molecule has 0 N–H and O–H groups in total. The van der Waals surface area contributed by atoms with Gasteiger partial charge in [-0.15, -0.1) is 0 Å². The van der Waals surface area contributed by atoms with Gasteiger partial charge in [-0.1, -0.05) is 0 Å². The first kappa shape index (κ1) is 9.64. The molecular weight excluding hydrogens is 196 g/mol. The molecule has 0 fully saturated rings. The molecule has 1 heterocycles. The first-order valence-electron chi connectivity index (χ1n) is 4.42. The van der Waals surface area contributed by atoms with E-state index in [1.807, 2.05) is 0 Å². The number of amides is 1. The van der Waals surface area contributed by atoms with Crippen molar-refractivity contribution in [2.45, 2.75) is 6.04 Å². The van der Waals surface area contributed by atoms with Crippen molar-refractivity contribution in [1.82, 2.24) is 0 Å². The molecule has 2 aliphatic rings. The van der Waals surface area contributed by atoms with Crippen molar-refractivity contribution in [3.05, 3.63) is 23.7 Å². The lowest BCUT2D eigenvalue weighted by atomic mass is 10.0. The van der Waals surface area contributed by atoms with E-state index in [-0.39, 0.29) is 11.9 Å². The Bertz CT molecular complexity index is 418. The standard InChI is InChI=1S/C10H10N2O3/c1-14-8-3-6-7(4-9(8)15-2)12-10(13)5-11-6/h3-6H,1-2H3. The van der Waals surface area contributed by atoms with Gasteiger partial charge in [0.15, 0.2) is 11.5 Å². The number of methoxy groups -OCH3 is 2. The fraction of sp³-hybridized carbons (Fsp3) is 0.300. The number of ether oxygens (including phenoxy) is 2. The number of nitrogens with zero attached hydrogens (tertiary/aromatic N) is 2. The lowest BCUT2D eigenvalue weighted by Gasteiger charge is -2.20. The summed E-state index contributed by atoms with van der Waals surface area (Å²) < 4.78 is 10.2. The number of rotatable bonds is 2. The monoisotopic (exact) mass is 206 g/mol. The van der Waals surface area contributed by atoms with Crippen LogP contribution in [0, 0.1) is 0 Å². The van der Waals surface area contributed by atoms with Gasteiger partial charge in [0, 0.05) is 6.08 Å². The third-order valence-corrected chi connectivity index (χ3v) is 2.16. The molecule has 0 radical (unpaired) electrons. The average Bonchev–Trinajstić information content (AvgIpc) is 2.27. The second kappa shape index (κ2) is 3.68. The van der Waals surface area contributed by atoms with E-state index in [2.05, 4.69) is 9.98 Å². The van der Waals surface area contributed by atoms with E-state index in [1.165, 1.54) is 13.3 Å². The van der Waals surface area contributed by atoms with Crippen LogP contribution in [0.4, 0.5) is 0 Å². The average molecular weight is 206 g/mol. The van der Waals surface area contributed by atoms with Gasteiger partial charge in [-0.05, 0) is 6.08 Å². The maximum Gasteiger partial charge on any atom is 0.288 e. The van der Waals surface area contributed by atoms with Crippen LogP contribution in [0.5, 0.6) is 0 Å². The summed E-state index contributed by atoms with van der Waals surface area (Å²) in [6, 6.07) is -0.239. The minimum atomic E-state index is -0.345. The quantitative estimate of drug-likeness (QED) is 0.660. The molecule has 1 aliphatic heterocycles.